The Balaban J connectivity index is 1.55. The Morgan fingerprint density at radius 3 is 2.59 bits per heavy atom. The van der Waals surface area contributed by atoms with Gasteiger partial charge in [0, 0.05) is 18.2 Å². The first-order chi connectivity index (χ1) is 13.2. The van der Waals surface area contributed by atoms with Gasteiger partial charge >= 0.3 is 0 Å². The third-order valence-corrected chi connectivity index (χ3v) is 5.08. The number of likely N-dealkylation sites (tertiary alicyclic amines) is 1. The fourth-order valence-electron chi connectivity index (χ4n) is 3.56. The molecule has 0 aliphatic carbocycles. The first-order valence-electron chi connectivity index (χ1n) is 9.14. The molecule has 0 radical (unpaired) electrons. The molecule has 1 aliphatic rings. The zero-order valence-corrected chi connectivity index (χ0v) is 15.5. The minimum absolute atomic E-state index is 0.0819. The number of ether oxygens (including phenoxy) is 1. The summed E-state index contributed by atoms with van der Waals surface area (Å²) in [5, 5.41) is 4.02. The molecular weight excluding hydrogens is 340 g/mol. The van der Waals surface area contributed by atoms with E-state index in [2.05, 4.69) is 36.3 Å². The largest absolute Gasteiger partial charge is 0.497 e. The predicted molar refractivity (Wildman–Crippen MR) is 103 cm³/mol. The lowest BCUT2D eigenvalue weighted by atomic mass is 10.0. The van der Waals surface area contributed by atoms with Crippen LogP contribution in [0, 0.1) is 6.92 Å². The number of nitrogens with zero attached hydrogens (tertiary/aromatic N) is 2. The smallest absolute Gasteiger partial charge is 0.276 e. The number of benzene rings is 2. The average Bonchev–Trinajstić information content (AvgIpc) is 3.38. The van der Waals surface area contributed by atoms with E-state index in [1.807, 2.05) is 29.2 Å². The normalized spacial score (nSPS) is 16.5. The van der Waals surface area contributed by atoms with Gasteiger partial charge in [-0.1, -0.05) is 35.0 Å². The molecule has 1 aliphatic heterocycles. The minimum Gasteiger partial charge on any atom is -0.497 e. The number of amides is 1. The Bertz CT molecular complexity index is 929. The van der Waals surface area contributed by atoms with Crippen molar-refractivity contribution in [2.75, 3.05) is 13.7 Å². The van der Waals surface area contributed by atoms with Crippen LogP contribution in [0.15, 0.2) is 59.1 Å². The van der Waals surface area contributed by atoms with Crippen LogP contribution in [0.4, 0.5) is 0 Å². The highest BCUT2D eigenvalue weighted by Crippen LogP contribution is 2.33. The molecule has 4 rings (SSSR count). The molecule has 1 saturated heterocycles. The molecule has 1 unspecified atom stereocenters. The average molecular weight is 362 g/mol. The molecule has 27 heavy (non-hydrogen) atoms. The lowest BCUT2D eigenvalue weighted by molar-refractivity contribution is 0.0725. The summed E-state index contributed by atoms with van der Waals surface area (Å²) in [5.74, 6) is 1.27. The summed E-state index contributed by atoms with van der Waals surface area (Å²) in [6.45, 7) is 2.81. The second kappa shape index (κ2) is 7.27. The van der Waals surface area contributed by atoms with Crippen molar-refractivity contribution in [3.8, 4) is 17.1 Å². The highest BCUT2D eigenvalue weighted by molar-refractivity contribution is 5.93. The number of aromatic nitrogens is 1. The number of carbonyl (C=O) groups excluding carboxylic acids is 1. The van der Waals surface area contributed by atoms with Crippen LogP contribution in [0.3, 0.4) is 0 Å². The molecule has 2 aromatic carbocycles. The summed E-state index contributed by atoms with van der Waals surface area (Å²) in [6.07, 6.45) is 1.96. The monoisotopic (exact) mass is 362 g/mol. The van der Waals surface area contributed by atoms with E-state index in [0.717, 1.165) is 30.7 Å². The Morgan fingerprint density at radius 1 is 1.15 bits per heavy atom. The van der Waals surface area contributed by atoms with Crippen LogP contribution in [0.25, 0.3) is 11.3 Å². The summed E-state index contributed by atoms with van der Waals surface area (Å²) in [7, 11) is 1.63. The van der Waals surface area contributed by atoms with Crippen molar-refractivity contribution in [3.63, 3.8) is 0 Å². The summed E-state index contributed by atoms with van der Waals surface area (Å²) in [5.41, 5.74) is 3.60. The molecule has 0 bridgehead atoms. The minimum atomic E-state index is -0.0819. The van der Waals surface area contributed by atoms with Crippen molar-refractivity contribution in [2.45, 2.75) is 25.8 Å². The number of hydrogen-bond donors (Lipinski definition) is 0. The standard InChI is InChI=1S/C22H22N2O3/c1-15-5-7-16(8-6-15)20-4-3-13-24(20)22(25)19-14-21(27-23-19)17-9-11-18(26-2)12-10-17/h5-12,14,20H,3-4,13H2,1-2H3. The van der Waals surface area contributed by atoms with Gasteiger partial charge in [-0.15, -0.1) is 0 Å². The third kappa shape index (κ3) is 3.45. The molecule has 1 fully saturated rings. The van der Waals surface area contributed by atoms with Crippen molar-refractivity contribution >= 4 is 5.91 Å². The second-order valence-corrected chi connectivity index (χ2v) is 6.87. The molecule has 1 amide bonds. The summed E-state index contributed by atoms with van der Waals surface area (Å²) >= 11 is 0. The maximum Gasteiger partial charge on any atom is 0.276 e. The summed E-state index contributed by atoms with van der Waals surface area (Å²) in [4.78, 5) is 14.9. The Hall–Kier alpha value is -3.08. The van der Waals surface area contributed by atoms with Gasteiger partial charge in [-0.05, 0) is 49.6 Å². The van der Waals surface area contributed by atoms with E-state index in [9.17, 15) is 4.79 Å². The Kier molecular flexibility index (Phi) is 4.67. The van der Waals surface area contributed by atoms with E-state index in [1.165, 1.54) is 11.1 Å². The van der Waals surface area contributed by atoms with Crippen LogP contribution in [-0.4, -0.2) is 29.6 Å². The van der Waals surface area contributed by atoms with Gasteiger partial charge in [0.2, 0.25) is 0 Å². The fourth-order valence-corrected chi connectivity index (χ4v) is 3.56. The topological polar surface area (TPSA) is 55.6 Å². The Labute approximate surface area is 158 Å². The highest BCUT2D eigenvalue weighted by Gasteiger charge is 2.32. The number of aryl methyl sites for hydroxylation is 1. The van der Waals surface area contributed by atoms with Crippen LogP contribution < -0.4 is 4.74 Å². The van der Waals surface area contributed by atoms with Crippen LogP contribution in [0.5, 0.6) is 5.75 Å². The number of carbonyl (C=O) groups is 1. The molecule has 1 aromatic heterocycles. The SMILES string of the molecule is COc1ccc(-c2cc(C(=O)N3CCCC3c3ccc(C)cc3)no2)cc1. The summed E-state index contributed by atoms with van der Waals surface area (Å²) in [6, 6.07) is 17.7. The predicted octanol–water partition coefficient (Wildman–Crippen LogP) is 4.64. The van der Waals surface area contributed by atoms with E-state index in [1.54, 1.807) is 13.2 Å². The quantitative estimate of drug-likeness (QED) is 0.679. The van der Waals surface area contributed by atoms with E-state index in [0.29, 0.717) is 11.5 Å². The zero-order valence-electron chi connectivity index (χ0n) is 15.5. The molecule has 0 spiro atoms. The van der Waals surface area contributed by atoms with Gasteiger partial charge in [-0.25, -0.2) is 0 Å². The van der Waals surface area contributed by atoms with Crippen molar-refractivity contribution in [1.29, 1.82) is 0 Å². The third-order valence-electron chi connectivity index (χ3n) is 5.08. The Morgan fingerprint density at radius 2 is 1.89 bits per heavy atom. The van der Waals surface area contributed by atoms with Gasteiger partial charge in [0.1, 0.15) is 5.75 Å². The highest BCUT2D eigenvalue weighted by atomic mass is 16.5. The molecule has 3 aromatic rings. The number of rotatable bonds is 4. The van der Waals surface area contributed by atoms with Gasteiger partial charge in [-0.3, -0.25) is 4.79 Å². The maximum atomic E-state index is 13.0. The molecule has 5 nitrogen and oxygen atoms in total. The van der Waals surface area contributed by atoms with Gasteiger partial charge < -0.3 is 14.2 Å². The lowest BCUT2D eigenvalue weighted by Crippen LogP contribution is -2.30. The van der Waals surface area contributed by atoms with Crippen molar-refractivity contribution in [2.24, 2.45) is 0 Å². The summed E-state index contributed by atoms with van der Waals surface area (Å²) < 4.78 is 10.6. The molecule has 138 valence electrons. The van der Waals surface area contributed by atoms with Crippen LogP contribution in [0.1, 0.15) is 40.5 Å². The number of hydrogen-bond acceptors (Lipinski definition) is 4. The van der Waals surface area contributed by atoms with Crippen molar-refractivity contribution < 1.29 is 14.1 Å². The van der Waals surface area contributed by atoms with Gasteiger partial charge in [-0.2, -0.15) is 0 Å². The molecule has 5 heteroatoms. The molecular formula is C22H22N2O3. The number of methoxy groups -OCH3 is 1. The van der Waals surface area contributed by atoms with Crippen molar-refractivity contribution in [3.05, 3.63) is 71.4 Å². The first-order valence-corrected chi connectivity index (χ1v) is 9.14. The first kappa shape index (κ1) is 17.3. The molecule has 1 atom stereocenters. The van der Waals surface area contributed by atoms with E-state index >= 15 is 0 Å². The molecule has 2 heterocycles. The zero-order chi connectivity index (χ0) is 18.8. The van der Waals surface area contributed by atoms with Gasteiger partial charge in [0.25, 0.3) is 5.91 Å². The lowest BCUT2D eigenvalue weighted by Gasteiger charge is -2.24. The van der Waals surface area contributed by atoms with Crippen molar-refractivity contribution in [1.82, 2.24) is 10.1 Å². The molecule has 0 saturated carbocycles. The molecule has 0 N–H and O–H groups in total. The van der Waals surface area contributed by atoms with Crippen LogP contribution in [-0.2, 0) is 0 Å². The van der Waals surface area contributed by atoms with E-state index in [4.69, 9.17) is 9.26 Å². The maximum absolute atomic E-state index is 13.0. The van der Waals surface area contributed by atoms with Gasteiger partial charge in [0.15, 0.2) is 11.5 Å². The van der Waals surface area contributed by atoms with Crippen LogP contribution >= 0.6 is 0 Å². The van der Waals surface area contributed by atoms with E-state index < -0.39 is 0 Å². The van der Waals surface area contributed by atoms with Gasteiger partial charge in [0.05, 0.1) is 13.2 Å². The van der Waals surface area contributed by atoms with Crippen LogP contribution in [0.2, 0.25) is 0 Å². The van der Waals surface area contributed by atoms with E-state index in [-0.39, 0.29) is 11.9 Å². The fraction of sp³-hybridized carbons (Fsp3) is 0.273. The second-order valence-electron chi connectivity index (χ2n) is 6.87.